The Balaban J connectivity index is 1.58. The minimum atomic E-state index is -0.429. The molecule has 4 rings (SSSR count). The van der Waals surface area contributed by atoms with Crippen LogP contribution >= 0.6 is 0 Å². The highest BCUT2D eigenvalue weighted by molar-refractivity contribution is 6.03. The zero-order chi connectivity index (χ0) is 24.9. The van der Waals surface area contributed by atoms with Crippen LogP contribution in [-0.4, -0.2) is 39.7 Å². The van der Waals surface area contributed by atoms with Gasteiger partial charge in [0.05, 0.1) is 23.9 Å². The average Bonchev–Trinajstić information content (AvgIpc) is 3.38. The zero-order valence-corrected chi connectivity index (χ0v) is 19.8. The van der Waals surface area contributed by atoms with Crippen LogP contribution in [0.3, 0.4) is 0 Å². The molecular weight excluding hydrogens is 444 g/mol. The maximum absolute atomic E-state index is 12.8. The molecule has 0 aliphatic heterocycles. The fourth-order valence-corrected chi connectivity index (χ4v) is 4.03. The predicted molar refractivity (Wildman–Crippen MR) is 135 cm³/mol. The number of ether oxygens (including phenoxy) is 1. The molecule has 4 aromatic rings. The second-order valence-electron chi connectivity index (χ2n) is 7.99. The number of hydrogen-bond acceptors (Lipinski definition) is 5. The average molecular weight is 471 g/mol. The second kappa shape index (κ2) is 10.2. The lowest BCUT2D eigenvalue weighted by Crippen LogP contribution is -2.24. The number of carbonyl (C=O) groups excluding carboxylic acids is 3. The molecule has 0 spiro atoms. The molecule has 0 saturated heterocycles. The van der Waals surface area contributed by atoms with Crippen LogP contribution in [0.4, 0.5) is 0 Å². The van der Waals surface area contributed by atoms with Crippen LogP contribution in [0.5, 0.6) is 0 Å². The number of amides is 1. The molecule has 0 unspecified atom stereocenters. The standard InChI is InChI=1S/C27H26N4O4/c1-4-35-27(34)23-14-25(20-10-6-5-7-11-20)30(18(23)2)17-26(33)29-28-15-21-16-31(19(3)32)24-13-9-8-12-22(21)24/h5-16H,4,17H2,1-3H3,(H,29,33)/b28-15+. The monoisotopic (exact) mass is 470 g/mol. The number of benzene rings is 2. The number of esters is 1. The van der Waals surface area contributed by atoms with Crippen molar-refractivity contribution in [3.63, 3.8) is 0 Å². The van der Waals surface area contributed by atoms with E-state index in [0.29, 0.717) is 16.8 Å². The first-order valence-electron chi connectivity index (χ1n) is 11.3. The van der Waals surface area contributed by atoms with Gasteiger partial charge in [-0.3, -0.25) is 14.2 Å². The van der Waals surface area contributed by atoms with Crippen molar-refractivity contribution in [2.75, 3.05) is 6.61 Å². The number of nitrogens with one attached hydrogen (secondary N) is 1. The minimum absolute atomic E-state index is 0.0397. The zero-order valence-electron chi connectivity index (χ0n) is 19.8. The van der Waals surface area contributed by atoms with E-state index < -0.39 is 5.97 Å². The van der Waals surface area contributed by atoms with Crippen LogP contribution in [-0.2, 0) is 16.1 Å². The number of rotatable bonds is 7. The van der Waals surface area contributed by atoms with E-state index in [1.165, 1.54) is 13.1 Å². The molecule has 2 aromatic carbocycles. The molecule has 2 aromatic heterocycles. The fourth-order valence-electron chi connectivity index (χ4n) is 4.03. The molecule has 0 aliphatic carbocycles. The molecule has 0 aliphatic rings. The Morgan fingerprint density at radius 1 is 1.06 bits per heavy atom. The number of fused-ring (bicyclic) bond motifs is 1. The number of carbonyl (C=O) groups is 3. The van der Waals surface area contributed by atoms with E-state index in [1.807, 2.05) is 54.6 Å². The number of nitrogens with zero attached hydrogens (tertiary/aromatic N) is 3. The molecule has 0 radical (unpaired) electrons. The highest BCUT2D eigenvalue weighted by Crippen LogP contribution is 2.26. The largest absolute Gasteiger partial charge is 0.462 e. The molecule has 0 fully saturated rings. The third-order valence-electron chi connectivity index (χ3n) is 5.71. The third kappa shape index (κ3) is 4.91. The number of aromatic nitrogens is 2. The maximum atomic E-state index is 12.8. The summed E-state index contributed by atoms with van der Waals surface area (Å²) in [6.45, 7) is 5.25. The summed E-state index contributed by atoms with van der Waals surface area (Å²) in [5.74, 6) is -0.900. The maximum Gasteiger partial charge on any atom is 0.339 e. The van der Waals surface area contributed by atoms with E-state index in [0.717, 1.165) is 22.2 Å². The topological polar surface area (TPSA) is 94.7 Å². The molecule has 35 heavy (non-hydrogen) atoms. The Morgan fingerprint density at radius 2 is 1.77 bits per heavy atom. The molecule has 0 atom stereocenters. The van der Waals surface area contributed by atoms with Gasteiger partial charge in [-0.1, -0.05) is 48.5 Å². The van der Waals surface area contributed by atoms with E-state index in [4.69, 9.17) is 4.74 Å². The van der Waals surface area contributed by atoms with Crippen molar-refractivity contribution >= 4 is 34.9 Å². The van der Waals surface area contributed by atoms with Crippen molar-refractivity contribution in [1.82, 2.24) is 14.6 Å². The van der Waals surface area contributed by atoms with Crippen molar-refractivity contribution < 1.29 is 19.1 Å². The van der Waals surface area contributed by atoms with Gasteiger partial charge in [0.15, 0.2) is 0 Å². The van der Waals surface area contributed by atoms with Crippen LogP contribution in [0.15, 0.2) is 72.0 Å². The van der Waals surface area contributed by atoms with Crippen molar-refractivity contribution in [1.29, 1.82) is 0 Å². The van der Waals surface area contributed by atoms with Gasteiger partial charge in [-0.25, -0.2) is 10.2 Å². The molecule has 2 heterocycles. The third-order valence-corrected chi connectivity index (χ3v) is 5.71. The Hall–Kier alpha value is -4.46. The first kappa shape index (κ1) is 23.7. The lowest BCUT2D eigenvalue weighted by Gasteiger charge is -2.11. The first-order valence-corrected chi connectivity index (χ1v) is 11.3. The molecule has 0 saturated carbocycles. The van der Waals surface area contributed by atoms with Crippen molar-refractivity contribution in [2.45, 2.75) is 27.3 Å². The number of hydrogen-bond donors (Lipinski definition) is 1. The lowest BCUT2D eigenvalue weighted by atomic mass is 10.1. The fraction of sp³-hybridized carbons (Fsp3) is 0.185. The van der Waals surface area contributed by atoms with Crippen molar-refractivity contribution in [3.8, 4) is 11.3 Å². The normalized spacial score (nSPS) is 11.2. The van der Waals surface area contributed by atoms with Crippen LogP contribution in [0.25, 0.3) is 22.2 Å². The Morgan fingerprint density at radius 3 is 2.49 bits per heavy atom. The summed E-state index contributed by atoms with van der Waals surface area (Å²) >= 11 is 0. The van der Waals surface area contributed by atoms with Gasteiger partial charge in [0, 0.05) is 35.5 Å². The molecule has 8 nitrogen and oxygen atoms in total. The Kier molecular flexibility index (Phi) is 6.91. The second-order valence-corrected chi connectivity index (χ2v) is 7.99. The summed E-state index contributed by atoms with van der Waals surface area (Å²) in [6, 6.07) is 18.8. The number of para-hydroxylation sites is 1. The van der Waals surface area contributed by atoms with Gasteiger partial charge in [-0.05, 0) is 31.5 Å². The summed E-state index contributed by atoms with van der Waals surface area (Å²) in [6.07, 6.45) is 3.21. The van der Waals surface area contributed by atoms with Gasteiger partial charge in [0.1, 0.15) is 6.54 Å². The molecule has 1 amide bonds. The Labute approximate surface area is 202 Å². The Bertz CT molecular complexity index is 1430. The van der Waals surface area contributed by atoms with E-state index in [9.17, 15) is 14.4 Å². The molecule has 1 N–H and O–H groups in total. The number of hydrazone groups is 1. The summed E-state index contributed by atoms with van der Waals surface area (Å²) in [4.78, 5) is 37.2. The van der Waals surface area contributed by atoms with Gasteiger partial charge in [-0.15, -0.1) is 0 Å². The van der Waals surface area contributed by atoms with Gasteiger partial charge < -0.3 is 9.30 Å². The van der Waals surface area contributed by atoms with E-state index >= 15 is 0 Å². The van der Waals surface area contributed by atoms with Crippen molar-refractivity contribution in [3.05, 3.63) is 83.7 Å². The van der Waals surface area contributed by atoms with Crippen molar-refractivity contribution in [2.24, 2.45) is 5.10 Å². The van der Waals surface area contributed by atoms with Crippen LogP contribution in [0, 0.1) is 6.92 Å². The molecule has 178 valence electrons. The SMILES string of the molecule is CCOC(=O)c1cc(-c2ccccc2)n(CC(=O)N/N=C/c2cn(C(C)=O)c3ccccc23)c1C. The van der Waals surface area contributed by atoms with Crippen LogP contribution < -0.4 is 5.43 Å². The van der Waals surface area contributed by atoms with Gasteiger partial charge in [-0.2, -0.15) is 5.10 Å². The molecule has 0 bridgehead atoms. The lowest BCUT2D eigenvalue weighted by molar-refractivity contribution is -0.121. The quantitative estimate of drug-likeness (QED) is 0.246. The summed E-state index contributed by atoms with van der Waals surface area (Å²) in [5.41, 5.74) is 6.69. The van der Waals surface area contributed by atoms with E-state index in [-0.39, 0.29) is 25.0 Å². The first-order chi connectivity index (χ1) is 16.9. The predicted octanol–water partition coefficient (Wildman–Crippen LogP) is 4.41. The van der Waals surface area contributed by atoms with Crippen LogP contribution in [0.1, 0.15) is 40.3 Å². The van der Waals surface area contributed by atoms with Gasteiger partial charge >= 0.3 is 5.97 Å². The smallest absolute Gasteiger partial charge is 0.339 e. The van der Waals surface area contributed by atoms with Gasteiger partial charge in [0.2, 0.25) is 5.91 Å². The summed E-state index contributed by atoms with van der Waals surface area (Å²) in [7, 11) is 0. The van der Waals surface area contributed by atoms with E-state index in [1.54, 1.807) is 35.2 Å². The highest BCUT2D eigenvalue weighted by Gasteiger charge is 2.21. The molecular formula is C27H26N4O4. The highest BCUT2D eigenvalue weighted by atomic mass is 16.5. The summed E-state index contributed by atoms with van der Waals surface area (Å²) in [5, 5.41) is 4.96. The molecule has 8 heteroatoms. The summed E-state index contributed by atoms with van der Waals surface area (Å²) < 4.78 is 8.50. The minimum Gasteiger partial charge on any atom is -0.462 e. The van der Waals surface area contributed by atoms with E-state index in [2.05, 4.69) is 10.5 Å². The van der Waals surface area contributed by atoms with Crippen LogP contribution in [0.2, 0.25) is 0 Å². The van der Waals surface area contributed by atoms with Gasteiger partial charge in [0.25, 0.3) is 5.91 Å².